The van der Waals surface area contributed by atoms with Crippen LogP contribution in [-0.4, -0.2) is 22.7 Å². The van der Waals surface area contributed by atoms with Crippen LogP contribution >= 0.6 is 11.3 Å². The summed E-state index contributed by atoms with van der Waals surface area (Å²) in [5, 5.41) is 12.7. The van der Waals surface area contributed by atoms with Crippen molar-refractivity contribution in [1.82, 2.24) is 4.98 Å². The van der Waals surface area contributed by atoms with Crippen molar-refractivity contribution in [2.24, 2.45) is 5.92 Å². The Hall–Kier alpha value is -0.610. The summed E-state index contributed by atoms with van der Waals surface area (Å²) in [7, 11) is 0. The number of rotatable bonds is 2. The first-order valence-electron chi connectivity index (χ1n) is 7.16. The van der Waals surface area contributed by atoms with Gasteiger partial charge in [-0.1, -0.05) is 12.8 Å². The summed E-state index contributed by atoms with van der Waals surface area (Å²) in [6, 6.07) is 0.709. The smallest absolute Gasteiger partial charge is 0.185 e. The van der Waals surface area contributed by atoms with Gasteiger partial charge in [0.05, 0.1) is 11.8 Å². The minimum Gasteiger partial charge on any atom is -0.387 e. The Morgan fingerprint density at radius 2 is 2.11 bits per heavy atom. The molecular weight excluding hydrogens is 244 g/mol. The van der Waals surface area contributed by atoms with Crippen molar-refractivity contribution in [3.8, 4) is 0 Å². The Kier molecular flexibility index (Phi) is 3.57. The third-order valence-corrected chi connectivity index (χ3v) is 5.32. The summed E-state index contributed by atoms with van der Waals surface area (Å²) in [4.78, 5) is 7.14. The van der Waals surface area contributed by atoms with Crippen LogP contribution in [0, 0.1) is 5.92 Å². The number of anilines is 1. The van der Waals surface area contributed by atoms with Gasteiger partial charge in [0.1, 0.15) is 0 Å². The minimum atomic E-state index is -0.443. The zero-order chi connectivity index (χ0) is 12.5. The highest BCUT2D eigenvalue weighted by Gasteiger charge is 2.34. The molecule has 1 aromatic heterocycles. The van der Waals surface area contributed by atoms with Crippen LogP contribution in [0.1, 0.15) is 57.2 Å². The number of thiazole rings is 1. The summed E-state index contributed by atoms with van der Waals surface area (Å²) in [5.74, 6) is 0.881. The fraction of sp³-hybridized carbons (Fsp3) is 0.786. The molecule has 0 spiro atoms. The molecule has 0 aromatic carbocycles. The molecule has 1 saturated heterocycles. The first-order chi connectivity index (χ1) is 8.75. The van der Waals surface area contributed by atoms with Crippen LogP contribution in [0.5, 0.6) is 0 Å². The van der Waals surface area contributed by atoms with Gasteiger partial charge in [0.15, 0.2) is 5.13 Å². The van der Waals surface area contributed by atoms with E-state index in [-0.39, 0.29) is 0 Å². The number of aromatic nitrogens is 1. The zero-order valence-electron chi connectivity index (χ0n) is 11.0. The largest absolute Gasteiger partial charge is 0.387 e. The van der Waals surface area contributed by atoms with E-state index in [1.807, 2.05) is 5.38 Å². The molecule has 1 unspecified atom stereocenters. The van der Waals surface area contributed by atoms with E-state index in [0.717, 1.165) is 23.3 Å². The van der Waals surface area contributed by atoms with Gasteiger partial charge in [0, 0.05) is 18.0 Å². The Labute approximate surface area is 113 Å². The highest BCUT2D eigenvalue weighted by atomic mass is 32.1. The lowest BCUT2D eigenvalue weighted by Crippen LogP contribution is -2.46. The normalized spacial score (nSPS) is 30.0. The van der Waals surface area contributed by atoms with Crippen molar-refractivity contribution in [2.75, 3.05) is 11.4 Å². The van der Waals surface area contributed by atoms with Crippen molar-refractivity contribution in [2.45, 2.75) is 57.6 Å². The van der Waals surface area contributed by atoms with E-state index in [1.54, 1.807) is 18.3 Å². The fourth-order valence-corrected chi connectivity index (χ4v) is 4.46. The molecule has 1 aromatic rings. The summed E-state index contributed by atoms with van der Waals surface area (Å²) in [6.07, 6.45) is 7.75. The molecule has 3 atom stereocenters. The van der Waals surface area contributed by atoms with Gasteiger partial charge < -0.3 is 10.0 Å². The van der Waals surface area contributed by atoms with Gasteiger partial charge in [0.25, 0.3) is 0 Å². The highest BCUT2D eigenvalue weighted by Crippen LogP contribution is 2.38. The average Bonchev–Trinajstić information content (AvgIpc) is 2.87. The molecule has 1 aliphatic carbocycles. The van der Waals surface area contributed by atoms with Crippen LogP contribution in [0.4, 0.5) is 5.13 Å². The number of hydrogen-bond donors (Lipinski definition) is 1. The maximum atomic E-state index is 9.59. The molecule has 18 heavy (non-hydrogen) atoms. The summed E-state index contributed by atoms with van der Waals surface area (Å²) < 4.78 is 0. The zero-order valence-corrected chi connectivity index (χ0v) is 11.8. The lowest BCUT2D eigenvalue weighted by Gasteiger charge is -2.44. The number of aliphatic hydroxyl groups is 1. The molecule has 2 aliphatic rings. The molecule has 0 bridgehead atoms. The van der Waals surface area contributed by atoms with Gasteiger partial charge in [-0.25, -0.2) is 4.98 Å². The summed E-state index contributed by atoms with van der Waals surface area (Å²) in [6.45, 7) is 2.94. The van der Waals surface area contributed by atoms with Gasteiger partial charge in [-0.05, 0) is 38.5 Å². The van der Waals surface area contributed by atoms with Crippen LogP contribution < -0.4 is 4.90 Å². The van der Waals surface area contributed by atoms with Crippen LogP contribution in [0.25, 0.3) is 0 Å². The molecular formula is C14H22N2OS. The van der Waals surface area contributed by atoms with Gasteiger partial charge in [0.2, 0.25) is 0 Å². The lowest BCUT2D eigenvalue weighted by molar-refractivity contribution is 0.195. The van der Waals surface area contributed by atoms with Gasteiger partial charge in [-0.3, -0.25) is 0 Å². The molecule has 4 heteroatoms. The Balaban J connectivity index is 1.80. The van der Waals surface area contributed by atoms with Gasteiger partial charge >= 0.3 is 0 Å². The van der Waals surface area contributed by atoms with Crippen molar-refractivity contribution in [3.05, 3.63) is 11.1 Å². The third-order valence-electron chi connectivity index (χ3n) is 4.43. The molecule has 1 N–H and O–H groups in total. The second-order valence-corrected chi connectivity index (χ2v) is 6.51. The van der Waals surface area contributed by atoms with E-state index in [1.165, 1.54) is 38.5 Å². The standard InChI is InChI=1S/C14H22N2OS/c1-10(17)12-9-18-14(15-12)16-8-4-6-11-5-2-3-7-13(11)16/h9-11,13,17H,2-8H2,1H3/t10?,11-,13-/m1/s1. The van der Waals surface area contributed by atoms with Gasteiger partial charge in [-0.15, -0.1) is 11.3 Å². The number of piperidine rings is 1. The molecule has 2 heterocycles. The van der Waals surface area contributed by atoms with Crippen LogP contribution in [0.15, 0.2) is 5.38 Å². The van der Waals surface area contributed by atoms with Crippen molar-refractivity contribution in [1.29, 1.82) is 0 Å². The second-order valence-electron chi connectivity index (χ2n) is 5.68. The van der Waals surface area contributed by atoms with Crippen LogP contribution in [0.2, 0.25) is 0 Å². The van der Waals surface area contributed by atoms with E-state index in [9.17, 15) is 5.11 Å². The first kappa shape index (κ1) is 12.4. The van der Waals surface area contributed by atoms with E-state index in [2.05, 4.69) is 9.88 Å². The fourth-order valence-electron chi connectivity index (χ4n) is 3.46. The molecule has 2 fully saturated rings. The van der Waals surface area contributed by atoms with Crippen LogP contribution in [-0.2, 0) is 0 Å². The quantitative estimate of drug-likeness (QED) is 0.891. The lowest BCUT2D eigenvalue weighted by atomic mass is 9.78. The molecule has 1 aliphatic heterocycles. The Bertz CT molecular complexity index is 402. The topological polar surface area (TPSA) is 36.4 Å². The van der Waals surface area contributed by atoms with Crippen molar-refractivity contribution < 1.29 is 5.11 Å². The van der Waals surface area contributed by atoms with Crippen molar-refractivity contribution >= 4 is 16.5 Å². The molecule has 0 amide bonds. The van der Waals surface area contributed by atoms with Gasteiger partial charge in [-0.2, -0.15) is 0 Å². The van der Waals surface area contributed by atoms with E-state index in [0.29, 0.717) is 6.04 Å². The first-order valence-corrected chi connectivity index (χ1v) is 8.04. The van der Waals surface area contributed by atoms with Crippen molar-refractivity contribution in [3.63, 3.8) is 0 Å². The number of fused-ring (bicyclic) bond motifs is 1. The Morgan fingerprint density at radius 3 is 2.89 bits per heavy atom. The monoisotopic (exact) mass is 266 g/mol. The van der Waals surface area contributed by atoms with Crippen LogP contribution in [0.3, 0.4) is 0 Å². The predicted molar refractivity (Wildman–Crippen MR) is 75.1 cm³/mol. The third kappa shape index (κ3) is 2.28. The van der Waals surface area contributed by atoms with E-state index >= 15 is 0 Å². The SMILES string of the molecule is CC(O)c1csc(N2CCC[C@H]3CCCC[C@H]32)n1. The number of aliphatic hydroxyl groups excluding tert-OH is 1. The molecule has 3 rings (SSSR count). The molecule has 1 saturated carbocycles. The van der Waals surface area contributed by atoms with E-state index < -0.39 is 6.10 Å². The molecule has 100 valence electrons. The molecule has 3 nitrogen and oxygen atoms in total. The molecule has 0 radical (unpaired) electrons. The number of nitrogens with zero attached hydrogens (tertiary/aromatic N) is 2. The maximum Gasteiger partial charge on any atom is 0.185 e. The maximum absolute atomic E-state index is 9.59. The predicted octanol–water partition coefficient (Wildman–Crippen LogP) is 3.36. The highest BCUT2D eigenvalue weighted by molar-refractivity contribution is 7.13. The summed E-state index contributed by atoms with van der Waals surface area (Å²) in [5.41, 5.74) is 0.827. The Morgan fingerprint density at radius 1 is 1.33 bits per heavy atom. The minimum absolute atomic E-state index is 0.443. The average molecular weight is 266 g/mol. The summed E-state index contributed by atoms with van der Waals surface area (Å²) >= 11 is 1.69. The number of hydrogen-bond acceptors (Lipinski definition) is 4. The van der Waals surface area contributed by atoms with E-state index in [4.69, 9.17) is 0 Å². The second kappa shape index (κ2) is 5.17.